The van der Waals surface area contributed by atoms with Gasteiger partial charge in [0.05, 0.1) is 7.11 Å². The zero-order valence-electron chi connectivity index (χ0n) is 15.9. The molecule has 0 saturated heterocycles. The SMILES string of the molecule is COc1ccc(NC(=O)c2ccc(-c3nc4cccnc4n(C)c3=O)cc2)cc1. The fourth-order valence-corrected chi connectivity index (χ4v) is 3.00. The number of fused-ring (bicyclic) bond motifs is 1. The van der Waals surface area contributed by atoms with Crippen LogP contribution in [0.5, 0.6) is 5.75 Å². The quantitative estimate of drug-likeness (QED) is 0.582. The summed E-state index contributed by atoms with van der Waals surface area (Å²) >= 11 is 0. The largest absolute Gasteiger partial charge is 0.497 e. The van der Waals surface area contributed by atoms with Crippen molar-refractivity contribution in [3.63, 3.8) is 0 Å². The first-order chi connectivity index (χ1) is 14.1. The van der Waals surface area contributed by atoms with Crippen LogP contribution in [-0.2, 0) is 7.05 Å². The van der Waals surface area contributed by atoms with Crippen molar-refractivity contribution >= 4 is 22.8 Å². The van der Waals surface area contributed by atoms with Gasteiger partial charge in [0.25, 0.3) is 11.5 Å². The fourth-order valence-electron chi connectivity index (χ4n) is 3.00. The average molecular weight is 386 g/mol. The second kappa shape index (κ2) is 7.55. The van der Waals surface area contributed by atoms with Crippen molar-refractivity contribution in [1.29, 1.82) is 0 Å². The van der Waals surface area contributed by atoms with Gasteiger partial charge in [0.1, 0.15) is 17.0 Å². The number of carbonyl (C=O) groups excluding carboxylic acids is 1. The van der Waals surface area contributed by atoms with Gasteiger partial charge in [-0.25, -0.2) is 9.97 Å². The summed E-state index contributed by atoms with van der Waals surface area (Å²) < 4.78 is 6.58. The number of carbonyl (C=O) groups is 1. The summed E-state index contributed by atoms with van der Waals surface area (Å²) in [6.45, 7) is 0. The minimum atomic E-state index is -0.245. The van der Waals surface area contributed by atoms with Crippen molar-refractivity contribution in [2.24, 2.45) is 7.05 Å². The predicted octanol–water partition coefficient (Wildman–Crippen LogP) is 3.26. The highest BCUT2D eigenvalue weighted by Crippen LogP contribution is 2.19. The van der Waals surface area contributed by atoms with E-state index in [2.05, 4.69) is 15.3 Å². The van der Waals surface area contributed by atoms with Gasteiger partial charge in [0, 0.05) is 30.1 Å². The van der Waals surface area contributed by atoms with Gasteiger partial charge in [0.2, 0.25) is 0 Å². The molecule has 4 aromatic rings. The molecule has 2 heterocycles. The minimum Gasteiger partial charge on any atom is -0.497 e. The van der Waals surface area contributed by atoms with E-state index in [1.807, 2.05) is 6.07 Å². The summed E-state index contributed by atoms with van der Waals surface area (Å²) in [5.74, 6) is 0.470. The lowest BCUT2D eigenvalue weighted by Gasteiger charge is -2.09. The number of ether oxygens (including phenoxy) is 1. The second-order valence-electron chi connectivity index (χ2n) is 6.43. The smallest absolute Gasteiger partial charge is 0.278 e. The van der Waals surface area contributed by atoms with Gasteiger partial charge in [-0.2, -0.15) is 0 Å². The highest BCUT2D eigenvalue weighted by Gasteiger charge is 2.12. The van der Waals surface area contributed by atoms with Crippen molar-refractivity contribution in [3.05, 3.63) is 82.8 Å². The Morgan fingerprint density at radius 2 is 1.76 bits per heavy atom. The molecule has 0 unspecified atom stereocenters. The lowest BCUT2D eigenvalue weighted by molar-refractivity contribution is 0.102. The average Bonchev–Trinajstić information content (AvgIpc) is 2.77. The number of methoxy groups -OCH3 is 1. The maximum Gasteiger partial charge on any atom is 0.278 e. The number of benzene rings is 2. The van der Waals surface area contributed by atoms with Gasteiger partial charge in [-0.15, -0.1) is 0 Å². The summed E-state index contributed by atoms with van der Waals surface area (Å²) in [6, 6.07) is 17.4. The van der Waals surface area contributed by atoms with E-state index in [-0.39, 0.29) is 11.5 Å². The molecule has 0 spiro atoms. The Morgan fingerprint density at radius 1 is 1.03 bits per heavy atom. The number of amides is 1. The molecule has 0 aliphatic rings. The van der Waals surface area contributed by atoms with Crippen molar-refractivity contribution in [2.45, 2.75) is 0 Å². The van der Waals surface area contributed by atoms with Crippen molar-refractivity contribution in [3.8, 4) is 17.0 Å². The maximum atomic E-state index is 12.7. The van der Waals surface area contributed by atoms with Crippen LogP contribution in [0.15, 0.2) is 71.7 Å². The summed E-state index contributed by atoms with van der Waals surface area (Å²) in [5.41, 5.74) is 3.00. The Labute approximate surface area is 166 Å². The van der Waals surface area contributed by atoms with Gasteiger partial charge < -0.3 is 10.1 Å². The van der Waals surface area contributed by atoms with Crippen molar-refractivity contribution in [2.75, 3.05) is 12.4 Å². The third kappa shape index (κ3) is 3.58. The molecule has 0 aliphatic heterocycles. The normalized spacial score (nSPS) is 10.7. The lowest BCUT2D eigenvalue weighted by Crippen LogP contribution is -2.21. The molecule has 29 heavy (non-hydrogen) atoms. The van der Waals surface area contributed by atoms with E-state index < -0.39 is 0 Å². The molecule has 7 nitrogen and oxygen atoms in total. The molecule has 0 atom stereocenters. The zero-order valence-corrected chi connectivity index (χ0v) is 15.9. The third-order valence-corrected chi connectivity index (χ3v) is 4.59. The fraction of sp³-hybridized carbons (Fsp3) is 0.0909. The number of nitrogens with zero attached hydrogens (tertiary/aromatic N) is 3. The van der Waals surface area contributed by atoms with Crippen LogP contribution in [0, 0.1) is 0 Å². The molecule has 0 aliphatic carbocycles. The number of aromatic nitrogens is 3. The molecule has 4 rings (SSSR count). The summed E-state index contributed by atoms with van der Waals surface area (Å²) in [5, 5.41) is 2.83. The Hall–Kier alpha value is -4.00. The number of hydrogen-bond donors (Lipinski definition) is 1. The van der Waals surface area contributed by atoms with Crippen LogP contribution in [0.4, 0.5) is 5.69 Å². The van der Waals surface area contributed by atoms with E-state index in [0.717, 1.165) is 0 Å². The minimum absolute atomic E-state index is 0.244. The predicted molar refractivity (Wildman–Crippen MR) is 111 cm³/mol. The van der Waals surface area contributed by atoms with E-state index in [1.54, 1.807) is 75.0 Å². The maximum absolute atomic E-state index is 12.7. The number of nitrogens with one attached hydrogen (secondary N) is 1. The topological polar surface area (TPSA) is 86.1 Å². The van der Waals surface area contributed by atoms with Gasteiger partial charge in [-0.1, -0.05) is 12.1 Å². The number of anilines is 1. The van der Waals surface area contributed by atoms with Crippen LogP contribution < -0.4 is 15.6 Å². The van der Waals surface area contributed by atoms with Crippen LogP contribution in [0.25, 0.3) is 22.4 Å². The Bertz CT molecular complexity index is 1250. The van der Waals surface area contributed by atoms with Crippen LogP contribution in [0.2, 0.25) is 0 Å². The van der Waals surface area contributed by atoms with Crippen molar-refractivity contribution < 1.29 is 9.53 Å². The third-order valence-electron chi connectivity index (χ3n) is 4.59. The van der Waals surface area contributed by atoms with E-state index in [9.17, 15) is 9.59 Å². The Kier molecular flexibility index (Phi) is 4.78. The summed E-state index contributed by atoms with van der Waals surface area (Å²) in [7, 11) is 3.25. The standard InChI is InChI=1S/C22H18N4O3/c1-26-20-18(4-3-13-23-20)25-19(22(26)28)14-5-7-15(8-6-14)21(27)24-16-9-11-17(29-2)12-10-16/h3-13H,1-2H3,(H,24,27). The van der Waals surface area contributed by atoms with Gasteiger partial charge in [-0.05, 0) is 48.5 Å². The highest BCUT2D eigenvalue weighted by molar-refractivity contribution is 6.04. The van der Waals surface area contributed by atoms with Gasteiger partial charge in [-0.3, -0.25) is 14.2 Å². The van der Waals surface area contributed by atoms with E-state index in [1.165, 1.54) is 4.57 Å². The molecule has 1 amide bonds. The molecule has 2 aromatic carbocycles. The Balaban J connectivity index is 1.60. The number of rotatable bonds is 4. The second-order valence-corrected chi connectivity index (χ2v) is 6.43. The first kappa shape index (κ1) is 18.4. The molecule has 7 heteroatoms. The highest BCUT2D eigenvalue weighted by atomic mass is 16.5. The molecule has 144 valence electrons. The lowest BCUT2D eigenvalue weighted by atomic mass is 10.1. The van der Waals surface area contributed by atoms with Crippen LogP contribution >= 0.6 is 0 Å². The van der Waals surface area contributed by atoms with Crippen LogP contribution in [0.1, 0.15) is 10.4 Å². The number of aryl methyl sites for hydroxylation is 1. The molecular formula is C22H18N4O3. The van der Waals surface area contributed by atoms with E-state index >= 15 is 0 Å². The molecule has 0 fully saturated rings. The summed E-state index contributed by atoms with van der Waals surface area (Å²) in [4.78, 5) is 33.8. The first-order valence-electron chi connectivity index (χ1n) is 8.94. The van der Waals surface area contributed by atoms with Crippen molar-refractivity contribution in [1.82, 2.24) is 14.5 Å². The first-order valence-corrected chi connectivity index (χ1v) is 8.94. The molecule has 0 saturated carbocycles. The molecular weight excluding hydrogens is 368 g/mol. The molecule has 2 aromatic heterocycles. The van der Waals surface area contributed by atoms with E-state index in [4.69, 9.17) is 4.74 Å². The number of hydrogen-bond acceptors (Lipinski definition) is 5. The van der Waals surface area contributed by atoms with Gasteiger partial charge >= 0.3 is 0 Å². The van der Waals surface area contributed by atoms with E-state index in [0.29, 0.717) is 39.4 Å². The number of pyridine rings is 1. The van der Waals surface area contributed by atoms with Crippen LogP contribution in [-0.4, -0.2) is 27.6 Å². The molecule has 0 radical (unpaired) electrons. The summed E-state index contributed by atoms with van der Waals surface area (Å²) in [6.07, 6.45) is 1.62. The Morgan fingerprint density at radius 3 is 2.45 bits per heavy atom. The molecule has 1 N–H and O–H groups in total. The van der Waals surface area contributed by atoms with Gasteiger partial charge in [0.15, 0.2) is 5.65 Å². The zero-order chi connectivity index (χ0) is 20.4. The molecule has 0 bridgehead atoms. The monoisotopic (exact) mass is 386 g/mol. The van der Waals surface area contributed by atoms with Crippen LogP contribution in [0.3, 0.4) is 0 Å².